The van der Waals surface area contributed by atoms with E-state index in [1.165, 1.54) is 5.56 Å². The first-order valence-corrected chi connectivity index (χ1v) is 5.83. The van der Waals surface area contributed by atoms with Crippen LogP contribution in [0, 0.1) is 0 Å². The number of hydrogen-bond donors (Lipinski definition) is 1. The van der Waals surface area contributed by atoms with Gasteiger partial charge in [0.05, 0.1) is 13.2 Å². The maximum Gasteiger partial charge on any atom is 0.0602 e. The van der Waals surface area contributed by atoms with Crippen LogP contribution < -0.4 is 5.32 Å². The first kappa shape index (κ1) is 12.8. The number of rotatable bonds is 7. The Hall–Kier alpha value is -0.280. The molecule has 0 spiro atoms. The summed E-state index contributed by atoms with van der Waals surface area (Å²) in [7, 11) is 0. The van der Waals surface area contributed by atoms with Crippen LogP contribution >= 0.6 is 23.2 Å². The van der Waals surface area contributed by atoms with E-state index in [-0.39, 0.29) is 0 Å². The molecule has 0 saturated heterocycles. The van der Waals surface area contributed by atoms with Gasteiger partial charge in [-0.1, -0.05) is 23.7 Å². The molecule has 0 aliphatic rings. The Kier molecular flexibility index (Phi) is 6.77. The minimum absolute atomic E-state index is 0.553. The molecule has 0 radical (unpaired) electrons. The van der Waals surface area contributed by atoms with Gasteiger partial charge >= 0.3 is 0 Å². The van der Waals surface area contributed by atoms with E-state index in [2.05, 4.69) is 5.32 Å². The van der Waals surface area contributed by atoms with Gasteiger partial charge in [0.15, 0.2) is 0 Å². The van der Waals surface area contributed by atoms with Crippen LogP contribution in [0.3, 0.4) is 0 Å². The van der Waals surface area contributed by atoms with Crippen LogP contribution in [-0.2, 0) is 11.3 Å². The van der Waals surface area contributed by atoms with Crippen LogP contribution in [-0.4, -0.2) is 25.6 Å². The lowest BCUT2D eigenvalue weighted by Gasteiger charge is -2.05. The molecule has 1 N–H and O–H groups in total. The van der Waals surface area contributed by atoms with Crippen molar-refractivity contribution in [1.82, 2.24) is 5.32 Å². The second-order valence-electron chi connectivity index (χ2n) is 3.10. The second kappa shape index (κ2) is 7.94. The van der Waals surface area contributed by atoms with Gasteiger partial charge in [-0.2, -0.15) is 0 Å². The zero-order valence-corrected chi connectivity index (χ0v) is 10.0. The normalized spacial score (nSPS) is 10.5. The standard InChI is InChI=1S/C11H15Cl2NO/c12-5-7-15-8-6-14-9-10-1-3-11(13)4-2-10/h1-4,14H,5-9H2. The molecule has 0 aliphatic carbocycles. The van der Waals surface area contributed by atoms with Crippen molar-refractivity contribution in [1.29, 1.82) is 0 Å². The summed E-state index contributed by atoms with van der Waals surface area (Å²) in [6.45, 7) is 2.98. The van der Waals surface area contributed by atoms with Gasteiger partial charge in [-0.25, -0.2) is 0 Å². The molecular formula is C11H15Cl2NO. The number of nitrogens with one attached hydrogen (secondary N) is 1. The third-order valence-electron chi connectivity index (χ3n) is 1.89. The summed E-state index contributed by atoms with van der Waals surface area (Å²) in [5.74, 6) is 0.553. The van der Waals surface area contributed by atoms with E-state index in [4.69, 9.17) is 27.9 Å². The van der Waals surface area contributed by atoms with Crippen molar-refractivity contribution >= 4 is 23.2 Å². The predicted molar refractivity (Wildman–Crippen MR) is 64.7 cm³/mol. The summed E-state index contributed by atoms with van der Waals surface area (Å²) in [6.07, 6.45) is 0. The van der Waals surface area contributed by atoms with E-state index in [0.717, 1.165) is 18.1 Å². The highest BCUT2D eigenvalue weighted by atomic mass is 35.5. The summed E-state index contributed by atoms with van der Waals surface area (Å²) in [5.41, 5.74) is 1.22. The quantitative estimate of drug-likeness (QED) is 0.591. The van der Waals surface area contributed by atoms with Crippen LogP contribution in [0.2, 0.25) is 5.02 Å². The highest BCUT2D eigenvalue weighted by Crippen LogP contribution is 2.08. The maximum atomic E-state index is 5.78. The highest BCUT2D eigenvalue weighted by Gasteiger charge is 1.92. The summed E-state index contributed by atoms with van der Waals surface area (Å²) < 4.78 is 5.22. The van der Waals surface area contributed by atoms with Crippen LogP contribution in [0.1, 0.15) is 5.56 Å². The molecule has 0 unspecified atom stereocenters. The summed E-state index contributed by atoms with van der Waals surface area (Å²) in [5, 5.41) is 4.04. The second-order valence-corrected chi connectivity index (χ2v) is 3.92. The predicted octanol–water partition coefficient (Wildman–Crippen LogP) is 2.69. The van der Waals surface area contributed by atoms with Crippen LogP contribution in [0.25, 0.3) is 0 Å². The Labute approximate surface area is 101 Å². The van der Waals surface area contributed by atoms with E-state index >= 15 is 0 Å². The largest absolute Gasteiger partial charge is 0.379 e. The molecule has 4 heteroatoms. The number of hydrogen-bond acceptors (Lipinski definition) is 2. The molecule has 0 atom stereocenters. The van der Waals surface area contributed by atoms with E-state index in [1.54, 1.807) is 0 Å². The molecule has 2 nitrogen and oxygen atoms in total. The van der Waals surface area contributed by atoms with Crippen LogP contribution in [0.5, 0.6) is 0 Å². The monoisotopic (exact) mass is 247 g/mol. The number of halogens is 2. The molecule has 15 heavy (non-hydrogen) atoms. The van der Waals surface area contributed by atoms with Gasteiger partial charge in [-0.05, 0) is 17.7 Å². The first-order valence-electron chi connectivity index (χ1n) is 4.92. The fraction of sp³-hybridized carbons (Fsp3) is 0.455. The van der Waals surface area contributed by atoms with Crippen molar-refractivity contribution in [3.63, 3.8) is 0 Å². The minimum atomic E-state index is 0.553. The van der Waals surface area contributed by atoms with E-state index < -0.39 is 0 Å². The van der Waals surface area contributed by atoms with Gasteiger partial charge in [0.25, 0.3) is 0 Å². The molecule has 84 valence electrons. The molecule has 0 fully saturated rings. The fourth-order valence-electron chi connectivity index (χ4n) is 1.14. The van der Waals surface area contributed by atoms with Crippen molar-refractivity contribution in [3.05, 3.63) is 34.9 Å². The Morgan fingerprint density at radius 3 is 2.53 bits per heavy atom. The van der Waals surface area contributed by atoms with Crippen molar-refractivity contribution < 1.29 is 4.74 Å². The number of benzene rings is 1. The molecule has 0 bridgehead atoms. The van der Waals surface area contributed by atoms with Gasteiger partial charge in [0.2, 0.25) is 0 Å². The van der Waals surface area contributed by atoms with E-state index in [9.17, 15) is 0 Å². The topological polar surface area (TPSA) is 21.3 Å². The van der Waals surface area contributed by atoms with Gasteiger partial charge < -0.3 is 10.1 Å². The average molecular weight is 248 g/mol. The summed E-state index contributed by atoms with van der Waals surface area (Å²) in [4.78, 5) is 0. The molecule has 1 aromatic carbocycles. The molecule has 0 aliphatic heterocycles. The van der Waals surface area contributed by atoms with Gasteiger partial charge in [0.1, 0.15) is 0 Å². The Morgan fingerprint density at radius 1 is 1.13 bits per heavy atom. The molecule has 0 amide bonds. The first-order chi connectivity index (χ1) is 7.33. The lowest BCUT2D eigenvalue weighted by Crippen LogP contribution is -2.19. The van der Waals surface area contributed by atoms with Crippen molar-refractivity contribution in [2.75, 3.05) is 25.6 Å². The smallest absolute Gasteiger partial charge is 0.0602 e. The van der Waals surface area contributed by atoms with Gasteiger partial charge in [-0.15, -0.1) is 11.6 Å². The average Bonchev–Trinajstić information content (AvgIpc) is 2.26. The third-order valence-corrected chi connectivity index (χ3v) is 2.29. The zero-order valence-electron chi connectivity index (χ0n) is 8.51. The third kappa shape index (κ3) is 6.00. The maximum absolute atomic E-state index is 5.78. The van der Waals surface area contributed by atoms with Gasteiger partial charge in [-0.3, -0.25) is 0 Å². The number of ether oxygens (including phenoxy) is 1. The van der Waals surface area contributed by atoms with Crippen molar-refractivity contribution in [2.24, 2.45) is 0 Å². The van der Waals surface area contributed by atoms with Crippen molar-refractivity contribution in [3.8, 4) is 0 Å². The fourth-order valence-corrected chi connectivity index (χ4v) is 1.37. The Balaban J connectivity index is 2.07. The van der Waals surface area contributed by atoms with Gasteiger partial charge in [0, 0.05) is 24.0 Å². The summed E-state index contributed by atoms with van der Waals surface area (Å²) in [6, 6.07) is 7.80. The van der Waals surface area contributed by atoms with E-state index in [1.807, 2.05) is 24.3 Å². The SMILES string of the molecule is ClCCOCCNCc1ccc(Cl)cc1. The number of alkyl halides is 1. The Morgan fingerprint density at radius 2 is 1.87 bits per heavy atom. The molecular weight excluding hydrogens is 233 g/mol. The molecule has 0 saturated carbocycles. The molecule has 1 aromatic rings. The lowest BCUT2D eigenvalue weighted by molar-refractivity contribution is 0.151. The Bertz CT molecular complexity index is 264. The summed E-state index contributed by atoms with van der Waals surface area (Å²) >= 11 is 11.2. The molecule has 0 heterocycles. The zero-order chi connectivity index (χ0) is 10.9. The molecule has 0 aromatic heterocycles. The minimum Gasteiger partial charge on any atom is -0.379 e. The van der Waals surface area contributed by atoms with E-state index in [0.29, 0.717) is 19.1 Å². The van der Waals surface area contributed by atoms with Crippen molar-refractivity contribution in [2.45, 2.75) is 6.54 Å². The van der Waals surface area contributed by atoms with Crippen LogP contribution in [0.15, 0.2) is 24.3 Å². The molecule has 1 rings (SSSR count). The lowest BCUT2D eigenvalue weighted by atomic mass is 10.2. The van der Waals surface area contributed by atoms with Crippen LogP contribution in [0.4, 0.5) is 0 Å². The highest BCUT2D eigenvalue weighted by molar-refractivity contribution is 6.30.